The highest BCUT2D eigenvalue weighted by Crippen LogP contribution is 2.26. The standard InChI is InChI=1S/C18H20F3NO/c1-14(17(23)18(19,20)21)22(12-15-8-4-2-5-9-15)13-16-10-6-3-7-11-16/h2-11,14,17,23H,12-13H2,1H3/t14-,17?/m1/s1. The number of hydrogen-bond acceptors (Lipinski definition) is 2. The number of alkyl halides is 3. The van der Waals surface area contributed by atoms with Crippen molar-refractivity contribution >= 4 is 0 Å². The van der Waals surface area contributed by atoms with Crippen LogP contribution >= 0.6 is 0 Å². The van der Waals surface area contributed by atoms with Gasteiger partial charge in [0.25, 0.3) is 0 Å². The number of benzene rings is 2. The molecule has 0 heterocycles. The van der Waals surface area contributed by atoms with Gasteiger partial charge in [0.2, 0.25) is 0 Å². The number of aliphatic hydroxyl groups is 1. The minimum absolute atomic E-state index is 0.337. The van der Waals surface area contributed by atoms with Gasteiger partial charge in [-0.15, -0.1) is 0 Å². The first-order chi connectivity index (χ1) is 10.9. The average molecular weight is 323 g/mol. The van der Waals surface area contributed by atoms with Crippen molar-refractivity contribution < 1.29 is 18.3 Å². The first-order valence-corrected chi connectivity index (χ1v) is 7.44. The van der Waals surface area contributed by atoms with E-state index in [0.717, 1.165) is 11.1 Å². The normalized spacial score (nSPS) is 14.7. The van der Waals surface area contributed by atoms with Gasteiger partial charge in [0.05, 0.1) is 0 Å². The van der Waals surface area contributed by atoms with Crippen LogP contribution in [0.25, 0.3) is 0 Å². The lowest BCUT2D eigenvalue weighted by Gasteiger charge is -2.33. The molecule has 1 unspecified atom stereocenters. The van der Waals surface area contributed by atoms with Gasteiger partial charge >= 0.3 is 6.18 Å². The molecular weight excluding hydrogens is 303 g/mol. The predicted octanol–water partition coefficient (Wildman–Crippen LogP) is 4.00. The molecule has 2 nitrogen and oxygen atoms in total. The molecule has 2 rings (SSSR count). The molecule has 0 aliphatic carbocycles. The first-order valence-electron chi connectivity index (χ1n) is 7.44. The molecule has 124 valence electrons. The zero-order valence-corrected chi connectivity index (χ0v) is 12.9. The molecule has 0 fully saturated rings. The average Bonchev–Trinajstić information content (AvgIpc) is 2.54. The Kier molecular flexibility index (Phi) is 5.80. The third-order valence-electron chi connectivity index (χ3n) is 3.83. The van der Waals surface area contributed by atoms with Crippen LogP contribution in [0.4, 0.5) is 13.2 Å². The predicted molar refractivity (Wildman–Crippen MR) is 83.7 cm³/mol. The maximum atomic E-state index is 12.9. The van der Waals surface area contributed by atoms with E-state index in [0.29, 0.717) is 13.1 Å². The Balaban J connectivity index is 2.20. The van der Waals surface area contributed by atoms with Crippen molar-refractivity contribution in [2.24, 2.45) is 0 Å². The van der Waals surface area contributed by atoms with E-state index in [9.17, 15) is 18.3 Å². The van der Waals surface area contributed by atoms with Crippen LogP contribution in [-0.4, -0.2) is 28.3 Å². The van der Waals surface area contributed by atoms with E-state index in [1.54, 1.807) is 4.90 Å². The maximum Gasteiger partial charge on any atom is 0.415 e. The topological polar surface area (TPSA) is 23.5 Å². The highest BCUT2D eigenvalue weighted by atomic mass is 19.4. The number of rotatable bonds is 6. The van der Waals surface area contributed by atoms with Gasteiger partial charge in [-0.1, -0.05) is 60.7 Å². The van der Waals surface area contributed by atoms with Crippen LogP contribution < -0.4 is 0 Å². The molecule has 0 spiro atoms. The Hall–Kier alpha value is -1.85. The lowest BCUT2D eigenvalue weighted by atomic mass is 10.1. The van der Waals surface area contributed by atoms with Crippen molar-refractivity contribution in [2.75, 3.05) is 0 Å². The van der Waals surface area contributed by atoms with Crippen molar-refractivity contribution in [3.8, 4) is 0 Å². The van der Waals surface area contributed by atoms with Crippen LogP contribution in [0, 0.1) is 0 Å². The number of nitrogens with zero attached hydrogens (tertiary/aromatic N) is 1. The molecule has 2 atom stereocenters. The minimum atomic E-state index is -4.63. The molecule has 2 aromatic rings. The van der Waals surface area contributed by atoms with Crippen LogP contribution in [0.1, 0.15) is 18.1 Å². The molecule has 0 amide bonds. The molecule has 0 saturated carbocycles. The van der Waals surface area contributed by atoms with Gasteiger partial charge in [-0.05, 0) is 18.1 Å². The molecule has 0 aliphatic rings. The van der Waals surface area contributed by atoms with E-state index < -0.39 is 18.3 Å². The molecule has 0 aliphatic heterocycles. The van der Waals surface area contributed by atoms with Crippen LogP contribution in [0.2, 0.25) is 0 Å². The Morgan fingerprint density at radius 3 is 1.61 bits per heavy atom. The Labute approximate surface area is 134 Å². The molecular formula is C18H20F3NO. The molecule has 0 radical (unpaired) electrons. The number of aliphatic hydroxyl groups excluding tert-OH is 1. The van der Waals surface area contributed by atoms with Gasteiger partial charge in [0.1, 0.15) is 0 Å². The summed E-state index contributed by atoms with van der Waals surface area (Å²) in [5.41, 5.74) is 1.81. The molecule has 23 heavy (non-hydrogen) atoms. The summed E-state index contributed by atoms with van der Waals surface area (Å²) < 4.78 is 38.6. The smallest absolute Gasteiger partial charge is 0.382 e. The molecule has 2 aromatic carbocycles. The van der Waals surface area contributed by atoms with E-state index in [4.69, 9.17) is 0 Å². The lowest BCUT2D eigenvalue weighted by Crippen LogP contribution is -2.47. The van der Waals surface area contributed by atoms with Crippen molar-refractivity contribution in [3.05, 3.63) is 71.8 Å². The second-order valence-corrected chi connectivity index (χ2v) is 5.60. The highest BCUT2D eigenvalue weighted by Gasteiger charge is 2.43. The summed E-state index contributed by atoms with van der Waals surface area (Å²) in [6.07, 6.45) is -7.01. The largest absolute Gasteiger partial charge is 0.415 e. The Morgan fingerprint density at radius 2 is 1.26 bits per heavy atom. The molecule has 0 saturated heterocycles. The van der Waals surface area contributed by atoms with Gasteiger partial charge in [0, 0.05) is 19.1 Å². The fraction of sp³-hybridized carbons (Fsp3) is 0.333. The van der Waals surface area contributed by atoms with Crippen molar-refractivity contribution in [2.45, 2.75) is 38.3 Å². The summed E-state index contributed by atoms with van der Waals surface area (Å²) in [7, 11) is 0. The number of hydrogen-bond donors (Lipinski definition) is 1. The summed E-state index contributed by atoms with van der Waals surface area (Å²) in [6.45, 7) is 2.08. The molecule has 1 N–H and O–H groups in total. The van der Waals surface area contributed by atoms with Crippen LogP contribution in [-0.2, 0) is 13.1 Å². The van der Waals surface area contributed by atoms with Gasteiger partial charge in [-0.25, -0.2) is 0 Å². The molecule has 0 bridgehead atoms. The quantitative estimate of drug-likeness (QED) is 0.868. The van der Waals surface area contributed by atoms with Crippen molar-refractivity contribution in [1.29, 1.82) is 0 Å². The summed E-state index contributed by atoms with van der Waals surface area (Å²) in [5, 5.41) is 9.61. The minimum Gasteiger partial charge on any atom is -0.382 e. The van der Waals surface area contributed by atoms with E-state index in [2.05, 4.69) is 0 Å². The monoisotopic (exact) mass is 323 g/mol. The Bertz CT molecular complexity index is 545. The van der Waals surface area contributed by atoms with Gasteiger partial charge < -0.3 is 5.11 Å². The summed E-state index contributed by atoms with van der Waals surface area (Å²) >= 11 is 0. The Morgan fingerprint density at radius 1 is 0.870 bits per heavy atom. The fourth-order valence-electron chi connectivity index (χ4n) is 2.45. The first kappa shape index (κ1) is 17.5. The summed E-state index contributed by atoms with van der Waals surface area (Å²) in [6, 6.07) is 17.5. The van der Waals surface area contributed by atoms with E-state index in [1.165, 1.54) is 6.92 Å². The van der Waals surface area contributed by atoms with Crippen molar-refractivity contribution in [1.82, 2.24) is 4.90 Å². The second kappa shape index (κ2) is 7.62. The van der Waals surface area contributed by atoms with E-state index in [-0.39, 0.29) is 0 Å². The molecule has 5 heteroatoms. The third kappa shape index (κ3) is 5.08. The third-order valence-corrected chi connectivity index (χ3v) is 3.83. The lowest BCUT2D eigenvalue weighted by molar-refractivity contribution is -0.221. The summed E-state index contributed by atoms with van der Waals surface area (Å²) in [4.78, 5) is 1.64. The van der Waals surface area contributed by atoms with Crippen LogP contribution in [0.15, 0.2) is 60.7 Å². The zero-order valence-electron chi connectivity index (χ0n) is 12.9. The summed E-state index contributed by atoms with van der Waals surface area (Å²) in [5.74, 6) is 0. The van der Waals surface area contributed by atoms with Gasteiger partial charge in [-0.2, -0.15) is 13.2 Å². The van der Waals surface area contributed by atoms with Gasteiger partial charge in [-0.3, -0.25) is 4.90 Å². The van der Waals surface area contributed by atoms with Crippen LogP contribution in [0.3, 0.4) is 0 Å². The molecule has 0 aromatic heterocycles. The van der Waals surface area contributed by atoms with Gasteiger partial charge in [0.15, 0.2) is 6.10 Å². The van der Waals surface area contributed by atoms with E-state index in [1.807, 2.05) is 60.7 Å². The van der Waals surface area contributed by atoms with E-state index >= 15 is 0 Å². The van der Waals surface area contributed by atoms with Crippen LogP contribution in [0.5, 0.6) is 0 Å². The fourth-order valence-corrected chi connectivity index (χ4v) is 2.45. The second-order valence-electron chi connectivity index (χ2n) is 5.60. The SMILES string of the molecule is C[C@H](C(O)C(F)(F)F)N(Cc1ccccc1)Cc1ccccc1. The highest BCUT2D eigenvalue weighted by molar-refractivity contribution is 5.17. The van der Waals surface area contributed by atoms with Crippen molar-refractivity contribution in [3.63, 3.8) is 0 Å². The maximum absolute atomic E-state index is 12.9. The zero-order chi connectivity index (χ0) is 16.9. The number of halogens is 3.